The smallest absolute Gasteiger partial charge is 0.328 e. The molecular weight excluding hydrogens is 468 g/mol. The average Bonchev–Trinajstić information content (AvgIpc) is 3.25. The van der Waals surface area contributed by atoms with Gasteiger partial charge in [-0.05, 0) is 38.0 Å². The predicted octanol–water partition coefficient (Wildman–Crippen LogP) is 1.68. The van der Waals surface area contributed by atoms with E-state index in [1.807, 2.05) is 0 Å². The molecule has 192 valence electrons. The van der Waals surface area contributed by atoms with Crippen LogP contribution in [0.25, 0.3) is 11.1 Å². The molecule has 1 amide bonds. The maximum atomic E-state index is 12.7. The van der Waals surface area contributed by atoms with Crippen LogP contribution < -0.4 is 22.1 Å². The lowest BCUT2D eigenvalue weighted by Gasteiger charge is -2.17. The Balaban J connectivity index is 1.56. The number of esters is 2. The average molecular weight is 499 g/mol. The topological polar surface area (TPSA) is 185 Å². The summed E-state index contributed by atoms with van der Waals surface area (Å²) < 4.78 is 15.3. The highest BCUT2D eigenvalue weighted by atomic mass is 16.5. The van der Waals surface area contributed by atoms with Crippen LogP contribution in [0, 0.1) is 0 Å². The minimum absolute atomic E-state index is 0.0146. The monoisotopic (exact) mass is 498 g/mol. The first kappa shape index (κ1) is 26.4. The van der Waals surface area contributed by atoms with Crippen LogP contribution in [0.5, 0.6) is 0 Å². The third-order valence-electron chi connectivity index (χ3n) is 5.23. The standard InChI is InChI=1S/C24H30N6O6/c1-3-34-18(31)10-9-17(23(33)35-4-2)28-21(32)15-7-5-14(6-8-15)11-27-12-16-13-36-22-19(16)20(25)29-24(26)30-22/h5-8,13,17,27H,3-4,9-12H2,1-2H3,(H,28,32)(H4,25,26,29,30)/t17-/m0/s1. The number of aromatic nitrogens is 2. The first-order chi connectivity index (χ1) is 17.3. The number of ether oxygens (including phenoxy) is 2. The summed E-state index contributed by atoms with van der Waals surface area (Å²) in [6, 6.07) is 5.94. The van der Waals surface area contributed by atoms with E-state index in [9.17, 15) is 14.4 Å². The Labute approximate surface area is 207 Å². The summed E-state index contributed by atoms with van der Waals surface area (Å²) in [7, 11) is 0. The highest BCUT2D eigenvalue weighted by molar-refractivity contribution is 5.97. The van der Waals surface area contributed by atoms with Crippen molar-refractivity contribution < 1.29 is 28.3 Å². The number of rotatable bonds is 12. The van der Waals surface area contributed by atoms with Crippen molar-refractivity contribution in [2.45, 2.75) is 45.8 Å². The molecule has 3 aromatic rings. The Morgan fingerprint density at radius 2 is 1.75 bits per heavy atom. The molecule has 0 spiro atoms. The second kappa shape index (κ2) is 12.5. The van der Waals surface area contributed by atoms with Crippen LogP contribution in [0.15, 0.2) is 34.9 Å². The van der Waals surface area contributed by atoms with Gasteiger partial charge in [-0.2, -0.15) is 9.97 Å². The second-order valence-corrected chi connectivity index (χ2v) is 7.83. The van der Waals surface area contributed by atoms with Crippen molar-refractivity contribution in [2.24, 2.45) is 0 Å². The van der Waals surface area contributed by atoms with Crippen LogP contribution in [-0.2, 0) is 32.2 Å². The first-order valence-electron chi connectivity index (χ1n) is 11.5. The van der Waals surface area contributed by atoms with Gasteiger partial charge >= 0.3 is 11.9 Å². The number of hydrogen-bond acceptors (Lipinski definition) is 11. The van der Waals surface area contributed by atoms with E-state index in [1.54, 1.807) is 44.4 Å². The quantitative estimate of drug-likeness (QED) is 0.266. The van der Waals surface area contributed by atoms with E-state index in [0.29, 0.717) is 29.8 Å². The van der Waals surface area contributed by atoms with E-state index >= 15 is 0 Å². The molecule has 12 nitrogen and oxygen atoms in total. The van der Waals surface area contributed by atoms with E-state index < -0.39 is 23.9 Å². The molecule has 6 N–H and O–H groups in total. The van der Waals surface area contributed by atoms with Crippen LogP contribution in [0.4, 0.5) is 11.8 Å². The molecule has 0 saturated carbocycles. The molecule has 1 aromatic carbocycles. The number of carbonyl (C=O) groups is 3. The number of benzene rings is 1. The number of carbonyl (C=O) groups excluding carboxylic acids is 3. The van der Waals surface area contributed by atoms with Crippen molar-refractivity contribution in [2.75, 3.05) is 24.7 Å². The molecular formula is C24H30N6O6. The highest BCUT2D eigenvalue weighted by Crippen LogP contribution is 2.24. The molecule has 2 heterocycles. The van der Waals surface area contributed by atoms with Crippen molar-refractivity contribution in [3.63, 3.8) is 0 Å². The summed E-state index contributed by atoms with van der Waals surface area (Å²) in [5.74, 6) is -1.19. The predicted molar refractivity (Wildman–Crippen MR) is 131 cm³/mol. The Morgan fingerprint density at radius 3 is 2.44 bits per heavy atom. The number of nitrogens with zero attached hydrogens (tertiary/aromatic N) is 2. The van der Waals surface area contributed by atoms with Crippen LogP contribution in [-0.4, -0.2) is 47.1 Å². The number of furan rings is 1. The van der Waals surface area contributed by atoms with Crippen molar-refractivity contribution in [3.8, 4) is 0 Å². The fraction of sp³-hybridized carbons (Fsp3) is 0.375. The van der Waals surface area contributed by atoms with E-state index in [2.05, 4.69) is 20.6 Å². The van der Waals surface area contributed by atoms with Gasteiger partial charge in [0.2, 0.25) is 11.7 Å². The van der Waals surface area contributed by atoms with Crippen LogP contribution in [0.3, 0.4) is 0 Å². The maximum Gasteiger partial charge on any atom is 0.328 e. The zero-order chi connectivity index (χ0) is 26.1. The molecule has 1 atom stereocenters. The number of anilines is 2. The van der Waals surface area contributed by atoms with Crippen molar-refractivity contribution in [1.82, 2.24) is 20.6 Å². The lowest BCUT2D eigenvalue weighted by molar-refractivity contribution is -0.146. The third kappa shape index (κ3) is 6.92. The number of amides is 1. The lowest BCUT2D eigenvalue weighted by atomic mass is 10.1. The van der Waals surface area contributed by atoms with Gasteiger partial charge in [-0.15, -0.1) is 0 Å². The minimum atomic E-state index is -0.959. The second-order valence-electron chi connectivity index (χ2n) is 7.83. The van der Waals surface area contributed by atoms with Crippen LogP contribution >= 0.6 is 0 Å². The van der Waals surface area contributed by atoms with Gasteiger partial charge in [-0.25, -0.2) is 4.79 Å². The highest BCUT2D eigenvalue weighted by Gasteiger charge is 2.24. The Morgan fingerprint density at radius 1 is 1.03 bits per heavy atom. The molecule has 0 aliphatic heterocycles. The summed E-state index contributed by atoms with van der Waals surface area (Å²) in [6.45, 7) is 4.73. The molecule has 0 unspecified atom stereocenters. The lowest BCUT2D eigenvalue weighted by Crippen LogP contribution is -2.42. The molecule has 0 radical (unpaired) electrons. The van der Waals surface area contributed by atoms with Crippen molar-refractivity contribution in [3.05, 3.63) is 47.2 Å². The fourth-order valence-electron chi connectivity index (χ4n) is 3.52. The van der Waals surface area contributed by atoms with Gasteiger partial charge in [0.05, 0.1) is 24.9 Å². The number of nitrogen functional groups attached to an aromatic ring is 2. The van der Waals surface area contributed by atoms with Gasteiger partial charge in [0.25, 0.3) is 5.91 Å². The Bertz CT molecular complexity index is 1210. The van der Waals surface area contributed by atoms with Gasteiger partial charge in [-0.1, -0.05) is 12.1 Å². The maximum absolute atomic E-state index is 12.7. The van der Waals surface area contributed by atoms with Gasteiger partial charge < -0.3 is 36.0 Å². The molecule has 0 fully saturated rings. The number of nitrogens with two attached hydrogens (primary N) is 2. The van der Waals surface area contributed by atoms with Crippen LogP contribution in [0.2, 0.25) is 0 Å². The first-order valence-corrected chi connectivity index (χ1v) is 11.5. The summed E-state index contributed by atoms with van der Waals surface area (Å²) in [5.41, 5.74) is 13.9. The Hall–Kier alpha value is -4.19. The van der Waals surface area contributed by atoms with Gasteiger partial charge in [-0.3, -0.25) is 9.59 Å². The normalized spacial score (nSPS) is 11.7. The minimum Gasteiger partial charge on any atom is -0.466 e. The third-order valence-corrected chi connectivity index (χ3v) is 5.23. The molecule has 2 aromatic heterocycles. The molecule has 0 aliphatic carbocycles. The van der Waals surface area contributed by atoms with E-state index in [-0.39, 0.29) is 37.8 Å². The van der Waals surface area contributed by atoms with Gasteiger partial charge in [0, 0.05) is 30.6 Å². The number of nitrogens with one attached hydrogen (secondary N) is 2. The van der Waals surface area contributed by atoms with E-state index in [0.717, 1.165) is 11.1 Å². The molecule has 12 heteroatoms. The Kier molecular flexibility index (Phi) is 9.17. The molecule has 3 rings (SSSR count). The number of hydrogen-bond donors (Lipinski definition) is 4. The summed E-state index contributed by atoms with van der Waals surface area (Å²) in [4.78, 5) is 44.6. The van der Waals surface area contributed by atoms with Crippen molar-refractivity contribution >= 4 is 40.7 Å². The van der Waals surface area contributed by atoms with Crippen molar-refractivity contribution in [1.29, 1.82) is 0 Å². The van der Waals surface area contributed by atoms with E-state index in [1.165, 1.54) is 0 Å². The van der Waals surface area contributed by atoms with Gasteiger partial charge in [0.15, 0.2) is 0 Å². The molecule has 36 heavy (non-hydrogen) atoms. The molecule has 0 bridgehead atoms. The summed E-state index contributed by atoms with van der Waals surface area (Å²) >= 11 is 0. The molecule has 0 saturated heterocycles. The van der Waals surface area contributed by atoms with Gasteiger partial charge in [0.1, 0.15) is 11.9 Å². The van der Waals surface area contributed by atoms with Crippen LogP contribution in [0.1, 0.15) is 48.2 Å². The zero-order valence-corrected chi connectivity index (χ0v) is 20.2. The van der Waals surface area contributed by atoms with E-state index in [4.69, 9.17) is 25.4 Å². The SMILES string of the molecule is CCOC(=O)CC[C@H](NC(=O)c1ccc(CNCc2coc3nc(N)nc(N)c23)cc1)C(=O)OCC. The summed E-state index contributed by atoms with van der Waals surface area (Å²) in [6.07, 6.45) is 1.62. The molecule has 0 aliphatic rings. The summed E-state index contributed by atoms with van der Waals surface area (Å²) in [5, 5.41) is 6.53. The fourth-order valence-corrected chi connectivity index (χ4v) is 3.52. The largest absolute Gasteiger partial charge is 0.466 e. The number of fused-ring (bicyclic) bond motifs is 1. The zero-order valence-electron chi connectivity index (χ0n) is 20.2.